The van der Waals surface area contributed by atoms with Gasteiger partial charge in [0.05, 0.1) is 5.56 Å². The maximum atomic E-state index is 13.8. The minimum absolute atomic E-state index is 0.0167. The van der Waals surface area contributed by atoms with Crippen molar-refractivity contribution in [2.45, 2.75) is 19.8 Å². The van der Waals surface area contributed by atoms with E-state index in [1.807, 2.05) is 6.92 Å². The predicted octanol–water partition coefficient (Wildman–Crippen LogP) is 4.39. The fourth-order valence-corrected chi connectivity index (χ4v) is 2.46. The van der Waals surface area contributed by atoms with Gasteiger partial charge in [0.25, 0.3) is 5.91 Å². The molecule has 24 heavy (non-hydrogen) atoms. The maximum Gasteiger partial charge on any atom is 0.258 e. The maximum absolute atomic E-state index is 13.8. The summed E-state index contributed by atoms with van der Waals surface area (Å²) in [5.41, 5.74) is 1.77. The summed E-state index contributed by atoms with van der Waals surface area (Å²) in [5.74, 6) is -1.17. The molecule has 3 rings (SSSR count). The summed E-state index contributed by atoms with van der Waals surface area (Å²) in [6.07, 6.45) is 1.82. The molecule has 0 heterocycles. The van der Waals surface area contributed by atoms with Gasteiger partial charge in [0.1, 0.15) is 5.82 Å². The molecule has 2 amide bonds. The molecule has 2 aromatic carbocycles. The lowest BCUT2D eigenvalue weighted by Crippen LogP contribution is -2.16. The van der Waals surface area contributed by atoms with E-state index >= 15 is 0 Å². The van der Waals surface area contributed by atoms with E-state index in [0.29, 0.717) is 11.4 Å². The number of anilines is 2. The smallest absolute Gasteiger partial charge is 0.258 e. The molecule has 1 aliphatic rings. The van der Waals surface area contributed by atoms with Gasteiger partial charge >= 0.3 is 0 Å². The van der Waals surface area contributed by atoms with Gasteiger partial charge in [0.15, 0.2) is 0 Å². The number of hydrogen-bond acceptors (Lipinski definition) is 2. The molecule has 0 aromatic heterocycles. The van der Waals surface area contributed by atoms with Crippen LogP contribution in [0.4, 0.5) is 15.8 Å². The predicted molar refractivity (Wildman–Crippen MR) is 91.9 cm³/mol. The lowest BCUT2D eigenvalue weighted by Gasteiger charge is -2.12. The van der Waals surface area contributed by atoms with Crippen molar-refractivity contribution in [1.82, 2.24) is 0 Å². The minimum Gasteiger partial charge on any atom is -0.326 e. The zero-order valence-electron chi connectivity index (χ0n) is 13.0. The van der Waals surface area contributed by atoms with E-state index in [0.717, 1.165) is 24.5 Å². The van der Waals surface area contributed by atoms with E-state index in [9.17, 15) is 14.0 Å². The normalized spacial score (nSPS) is 13.5. The van der Waals surface area contributed by atoms with Crippen LogP contribution in [0, 0.1) is 18.7 Å². The Morgan fingerprint density at radius 1 is 1.12 bits per heavy atom. The Morgan fingerprint density at radius 3 is 2.58 bits per heavy atom. The average Bonchev–Trinajstić information content (AvgIpc) is 3.37. The van der Waals surface area contributed by atoms with Crippen LogP contribution in [0.3, 0.4) is 0 Å². The number of rotatable bonds is 4. The summed E-state index contributed by atoms with van der Waals surface area (Å²) in [6.45, 7) is 1.82. The quantitative estimate of drug-likeness (QED) is 0.862. The van der Waals surface area contributed by atoms with E-state index < -0.39 is 11.7 Å². The van der Waals surface area contributed by atoms with Gasteiger partial charge in [0, 0.05) is 22.3 Å². The highest BCUT2D eigenvalue weighted by atomic mass is 35.5. The van der Waals surface area contributed by atoms with Crippen molar-refractivity contribution in [2.75, 3.05) is 10.6 Å². The third-order valence-electron chi connectivity index (χ3n) is 3.87. The summed E-state index contributed by atoms with van der Waals surface area (Å²) in [5, 5.41) is 5.76. The van der Waals surface area contributed by atoms with Gasteiger partial charge in [-0.25, -0.2) is 4.39 Å². The number of hydrogen-bond donors (Lipinski definition) is 2. The Kier molecular flexibility index (Phi) is 4.53. The number of carbonyl (C=O) groups excluding carboxylic acids is 2. The monoisotopic (exact) mass is 346 g/mol. The third-order valence-corrected chi connectivity index (χ3v) is 4.11. The molecule has 0 saturated heterocycles. The fraction of sp³-hybridized carbons (Fsp3) is 0.222. The van der Waals surface area contributed by atoms with E-state index in [2.05, 4.69) is 10.6 Å². The average molecular weight is 347 g/mol. The van der Waals surface area contributed by atoms with Crippen LogP contribution in [0.2, 0.25) is 5.02 Å². The van der Waals surface area contributed by atoms with E-state index in [1.165, 1.54) is 12.1 Å². The molecule has 0 radical (unpaired) electrons. The Hall–Kier alpha value is -2.40. The highest BCUT2D eigenvalue weighted by Gasteiger charge is 2.29. The van der Waals surface area contributed by atoms with Crippen LogP contribution in [0.5, 0.6) is 0 Å². The van der Waals surface area contributed by atoms with Crippen LogP contribution >= 0.6 is 11.6 Å². The number of benzene rings is 2. The molecule has 6 heteroatoms. The molecule has 0 aliphatic heterocycles. The second kappa shape index (κ2) is 6.61. The van der Waals surface area contributed by atoms with E-state index in [1.54, 1.807) is 18.2 Å². The van der Waals surface area contributed by atoms with Gasteiger partial charge in [-0.1, -0.05) is 17.7 Å². The van der Waals surface area contributed by atoms with Crippen molar-refractivity contribution in [3.63, 3.8) is 0 Å². The van der Waals surface area contributed by atoms with E-state index in [-0.39, 0.29) is 22.4 Å². The van der Waals surface area contributed by atoms with Gasteiger partial charge < -0.3 is 10.6 Å². The second-order valence-corrected chi connectivity index (χ2v) is 6.31. The van der Waals surface area contributed by atoms with Crippen LogP contribution in [0.1, 0.15) is 28.8 Å². The summed E-state index contributed by atoms with van der Waals surface area (Å²) < 4.78 is 13.8. The summed E-state index contributed by atoms with van der Waals surface area (Å²) in [6, 6.07) is 9.03. The number of nitrogens with one attached hydrogen (secondary N) is 2. The Labute approximate surface area is 144 Å². The zero-order chi connectivity index (χ0) is 17.3. The van der Waals surface area contributed by atoms with Crippen LogP contribution < -0.4 is 10.6 Å². The first-order valence-electron chi connectivity index (χ1n) is 7.62. The van der Waals surface area contributed by atoms with Crippen molar-refractivity contribution in [1.29, 1.82) is 0 Å². The molecule has 0 spiro atoms. The Bertz CT molecular complexity index is 819. The zero-order valence-corrected chi connectivity index (χ0v) is 13.8. The lowest BCUT2D eigenvalue weighted by molar-refractivity contribution is -0.117. The van der Waals surface area contributed by atoms with Gasteiger partial charge in [-0.05, 0) is 55.7 Å². The van der Waals surface area contributed by atoms with Gasteiger partial charge in [-0.15, -0.1) is 0 Å². The van der Waals surface area contributed by atoms with Crippen molar-refractivity contribution in [2.24, 2.45) is 5.92 Å². The number of halogens is 2. The molecular formula is C18H16ClFN2O2. The molecule has 2 N–H and O–H groups in total. The van der Waals surface area contributed by atoms with Gasteiger partial charge in [0.2, 0.25) is 5.91 Å². The van der Waals surface area contributed by atoms with Gasteiger partial charge in [-0.3, -0.25) is 9.59 Å². The van der Waals surface area contributed by atoms with Crippen LogP contribution in [0.15, 0.2) is 36.4 Å². The first-order chi connectivity index (χ1) is 11.4. The highest BCUT2D eigenvalue weighted by molar-refractivity contribution is 6.31. The highest BCUT2D eigenvalue weighted by Crippen LogP contribution is 2.31. The first-order valence-corrected chi connectivity index (χ1v) is 8.00. The molecule has 1 aliphatic carbocycles. The number of amides is 2. The molecular weight excluding hydrogens is 331 g/mol. The fourth-order valence-electron chi connectivity index (χ4n) is 2.29. The van der Waals surface area contributed by atoms with Crippen molar-refractivity contribution >= 4 is 34.8 Å². The van der Waals surface area contributed by atoms with Crippen LogP contribution in [0.25, 0.3) is 0 Å². The number of carbonyl (C=O) groups is 2. The molecule has 2 aromatic rings. The molecule has 124 valence electrons. The summed E-state index contributed by atoms with van der Waals surface area (Å²) >= 11 is 5.82. The molecule has 1 saturated carbocycles. The van der Waals surface area contributed by atoms with Crippen molar-refractivity contribution in [3.05, 3.63) is 58.4 Å². The third kappa shape index (κ3) is 3.74. The van der Waals surface area contributed by atoms with Crippen LogP contribution in [-0.2, 0) is 4.79 Å². The van der Waals surface area contributed by atoms with Gasteiger partial charge in [-0.2, -0.15) is 0 Å². The minimum atomic E-state index is -0.646. The topological polar surface area (TPSA) is 58.2 Å². The molecule has 4 nitrogen and oxygen atoms in total. The largest absolute Gasteiger partial charge is 0.326 e. The lowest BCUT2D eigenvalue weighted by atomic mass is 10.1. The van der Waals surface area contributed by atoms with Crippen molar-refractivity contribution in [3.8, 4) is 0 Å². The first kappa shape index (κ1) is 16.5. The molecule has 0 bridgehead atoms. The SMILES string of the molecule is Cc1ccc(NC(=O)C2CC2)cc1NC(=O)c1cc(Cl)ccc1F. The Morgan fingerprint density at radius 2 is 1.88 bits per heavy atom. The molecule has 1 fully saturated rings. The molecule has 0 atom stereocenters. The van der Waals surface area contributed by atoms with Crippen molar-refractivity contribution < 1.29 is 14.0 Å². The summed E-state index contributed by atoms with van der Waals surface area (Å²) in [4.78, 5) is 24.1. The molecule has 0 unspecified atom stereocenters. The second-order valence-electron chi connectivity index (χ2n) is 5.87. The van der Waals surface area contributed by atoms with Crippen LogP contribution in [-0.4, -0.2) is 11.8 Å². The Balaban J connectivity index is 1.79. The standard InChI is InChI=1S/C18H16ClFN2O2/c1-10-2-6-13(21-17(23)11-3-4-11)9-16(10)22-18(24)14-8-12(19)5-7-15(14)20/h2,5-9,11H,3-4H2,1H3,(H,21,23)(H,22,24). The number of aryl methyl sites for hydroxylation is 1. The van der Waals surface area contributed by atoms with E-state index in [4.69, 9.17) is 11.6 Å². The summed E-state index contributed by atoms with van der Waals surface area (Å²) in [7, 11) is 0.